The van der Waals surface area contributed by atoms with Crippen LogP contribution in [0.15, 0.2) is 18.2 Å². The molecule has 0 fully saturated rings. The largest absolute Gasteiger partial charge is 0.573 e. The van der Waals surface area contributed by atoms with E-state index in [4.69, 9.17) is 5.73 Å². The quantitative estimate of drug-likeness (QED) is 0.738. The molecule has 0 bridgehead atoms. The Bertz CT molecular complexity index is 469. The van der Waals surface area contributed by atoms with Gasteiger partial charge >= 0.3 is 6.36 Å². The molecule has 0 unspecified atom stereocenters. The van der Waals surface area contributed by atoms with Gasteiger partial charge in [-0.05, 0) is 37.0 Å². The average Bonchev–Trinajstić information content (AvgIpc) is 2.35. The second-order valence-electron chi connectivity index (χ2n) is 5.33. The summed E-state index contributed by atoms with van der Waals surface area (Å²) < 4.78 is 40.3. The fourth-order valence-electron chi connectivity index (χ4n) is 1.89. The van der Waals surface area contributed by atoms with Gasteiger partial charge in [-0.25, -0.2) is 0 Å². The lowest BCUT2D eigenvalue weighted by Gasteiger charge is -2.21. The number of aliphatic hydroxyl groups is 1. The lowest BCUT2D eigenvalue weighted by atomic mass is 9.95. The van der Waals surface area contributed by atoms with Gasteiger partial charge in [0.05, 0.1) is 12.1 Å². The monoisotopic (exact) mass is 343 g/mol. The summed E-state index contributed by atoms with van der Waals surface area (Å²) in [5.74, 6) is -0.400. The first-order valence-corrected chi connectivity index (χ1v) is 6.62. The molecular weight excluding hydrogens is 323 g/mol. The van der Waals surface area contributed by atoms with Gasteiger partial charge in [0.15, 0.2) is 0 Å². The summed E-state index contributed by atoms with van der Waals surface area (Å²) in [7, 11) is 0. The van der Waals surface area contributed by atoms with Crippen molar-refractivity contribution < 1.29 is 28.1 Å². The number of phenolic OH excluding ortho intramolecular Hbond substituents is 1. The van der Waals surface area contributed by atoms with Gasteiger partial charge < -0.3 is 20.7 Å². The van der Waals surface area contributed by atoms with E-state index in [-0.39, 0.29) is 23.7 Å². The standard InChI is InChI=1S/C14H20F3NO3.ClH/c1-8(2)3-5-12(20)13(18)10-7-9(4-6-11(10)19)21-14(15,16)17;/h4,6-8,12-13,19-20H,3,5,18H2,1-2H3;1H/t12-,13+;/m1./s1. The molecule has 0 spiro atoms. The van der Waals surface area contributed by atoms with Crippen molar-refractivity contribution in [3.63, 3.8) is 0 Å². The Morgan fingerprint density at radius 1 is 1.23 bits per heavy atom. The third-order valence-corrected chi connectivity index (χ3v) is 3.05. The van der Waals surface area contributed by atoms with Gasteiger partial charge in [0, 0.05) is 5.56 Å². The van der Waals surface area contributed by atoms with Crippen LogP contribution in [0.1, 0.15) is 38.3 Å². The highest BCUT2D eigenvalue weighted by Gasteiger charge is 2.31. The Hall–Kier alpha value is -1.18. The van der Waals surface area contributed by atoms with Crippen LogP contribution in [0.5, 0.6) is 11.5 Å². The zero-order valence-corrected chi connectivity index (χ0v) is 13.1. The third-order valence-electron chi connectivity index (χ3n) is 3.05. The van der Waals surface area contributed by atoms with Crippen molar-refractivity contribution in [2.75, 3.05) is 0 Å². The number of aliphatic hydroxyl groups excluding tert-OH is 1. The summed E-state index contributed by atoms with van der Waals surface area (Å²) in [6.07, 6.45) is -4.68. The second-order valence-corrected chi connectivity index (χ2v) is 5.33. The van der Waals surface area contributed by atoms with E-state index in [0.717, 1.165) is 18.2 Å². The molecule has 4 N–H and O–H groups in total. The number of nitrogens with two attached hydrogens (primary N) is 1. The molecule has 1 aromatic rings. The minimum absolute atomic E-state index is 0. The van der Waals surface area contributed by atoms with Crippen molar-refractivity contribution in [3.05, 3.63) is 23.8 Å². The van der Waals surface area contributed by atoms with Crippen LogP contribution in [-0.4, -0.2) is 22.7 Å². The van der Waals surface area contributed by atoms with E-state index < -0.39 is 24.3 Å². The molecule has 0 aliphatic heterocycles. The Morgan fingerprint density at radius 3 is 2.32 bits per heavy atom. The number of rotatable bonds is 6. The predicted octanol–water partition coefficient (Wildman–Crippen LogP) is 3.51. The summed E-state index contributed by atoms with van der Waals surface area (Å²) in [6, 6.07) is 2.05. The van der Waals surface area contributed by atoms with E-state index in [1.54, 1.807) is 0 Å². The molecule has 0 amide bonds. The SMILES string of the molecule is CC(C)CC[C@@H](O)[C@@H](N)c1cc(OC(F)(F)F)ccc1O.Cl. The fourth-order valence-corrected chi connectivity index (χ4v) is 1.89. The summed E-state index contributed by atoms with van der Waals surface area (Å²) in [5, 5.41) is 19.7. The van der Waals surface area contributed by atoms with E-state index in [9.17, 15) is 23.4 Å². The van der Waals surface area contributed by atoms with E-state index in [1.807, 2.05) is 13.8 Å². The normalized spacial score (nSPS) is 14.4. The molecule has 128 valence electrons. The Morgan fingerprint density at radius 2 is 1.82 bits per heavy atom. The molecule has 0 heterocycles. The average molecular weight is 344 g/mol. The number of hydrogen-bond acceptors (Lipinski definition) is 4. The molecule has 22 heavy (non-hydrogen) atoms. The van der Waals surface area contributed by atoms with Crippen molar-refractivity contribution >= 4 is 12.4 Å². The molecule has 0 saturated heterocycles. The van der Waals surface area contributed by atoms with Crippen LogP contribution in [0.25, 0.3) is 0 Å². The van der Waals surface area contributed by atoms with Gasteiger partial charge in [-0.15, -0.1) is 25.6 Å². The minimum atomic E-state index is -4.82. The van der Waals surface area contributed by atoms with Crippen LogP contribution >= 0.6 is 12.4 Å². The van der Waals surface area contributed by atoms with Crippen molar-refractivity contribution in [1.82, 2.24) is 0 Å². The Labute approximate surface area is 133 Å². The van der Waals surface area contributed by atoms with E-state index >= 15 is 0 Å². The highest BCUT2D eigenvalue weighted by atomic mass is 35.5. The molecule has 0 radical (unpaired) electrons. The number of ether oxygens (including phenoxy) is 1. The lowest BCUT2D eigenvalue weighted by molar-refractivity contribution is -0.274. The second kappa shape index (κ2) is 8.45. The number of alkyl halides is 3. The highest BCUT2D eigenvalue weighted by Crippen LogP contribution is 2.32. The van der Waals surface area contributed by atoms with Crippen molar-refractivity contribution in [3.8, 4) is 11.5 Å². The van der Waals surface area contributed by atoms with Crippen LogP contribution < -0.4 is 10.5 Å². The number of hydrogen-bond donors (Lipinski definition) is 3. The van der Waals surface area contributed by atoms with Gasteiger partial charge in [0.1, 0.15) is 11.5 Å². The highest BCUT2D eigenvalue weighted by molar-refractivity contribution is 5.85. The maximum atomic E-state index is 12.2. The molecule has 4 nitrogen and oxygen atoms in total. The van der Waals surface area contributed by atoms with E-state index in [1.165, 1.54) is 0 Å². The zero-order chi connectivity index (χ0) is 16.2. The molecule has 1 aromatic carbocycles. The number of benzene rings is 1. The first kappa shape index (κ1) is 20.8. The van der Waals surface area contributed by atoms with Gasteiger partial charge in [-0.1, -0.05) is 13.8 Å². The van der Waals surface area contributed by atoms with Gasteiger partial charge in [0.2, 0.25) is 0 Å². The van der Waals surface area contributed by atoms with Gasteiger partial charge in [-0.3, -0.25) is 0 Å². The van der Waals surface area contributed by atoms with Gasteiger partial charge in [0.25, 0.3) is 0 Å². The predicted molar refractivity (Wildman–Crippen MR) is 79.0 cm³/mol. The maximum absolute atomic E-state index is 12.2. The van der Waals surface area contributed by atoms with Crippen LogP contribution in [-0.2, 0) is 0 Å². The van der Waals surface area contributed by atoms with Crippen LogP contribution in [0.3, 0.4) is 0 Å². The minimum Gasteiger partial charge on any atom is -0.508 e. The number of aromatic hydroxyl groups is 1. The van der Waals surface area contributed by atoms with E-state index in [0.29, 0.717) is 18.8 Å². The Balaban J connectivity index is 0.00000441. The first-order chi connectivity index (χ1) is 9.60. The number of halogens is 4. The Kier molecular flexibility index (Phi) is 8.00. The molecule has 0 aliphatic carbocycles. The van der Waals surface area contributed by atoms with Crippen molar-refractivity contribution in [2.45, 2.75) is 45.2 Å². The van der Waals surface area contributed by atoms with Crippen LogP contribution in [0.4, 0.5) is 13.2 Å². The topological polar surface area (TPSA) is 75.7 Å². The summed E-state index contributed by atoms with van der Waals surface area (Å²) >= 11 is 0. The smallest absolute Gasteiger partial charge is 0.508 e. The van der Waals surface area contributed by atoms with Crippen molar-refractivity contribution in [1.29, 1.82) is 0 Å². The summed E-state index contributed by atoms with van der Waals surface area (Å²) in [6.45, 7) is 3.96. The van der Waals surface area contributed by atoms with Gasteiger partial charge in [-0.2, -0.15) is 0 Å². The molecular formula is C14H21ClF3NO3. The molecule has 8 heteroatoms. The maximum Gasteiger partial charge on any atom is 0.573 e. The molecule has 1 rings (SSSR count). The van der Waals surface area contributed by atoms with Crippen molar-refractivity contribution in [2.24, 2.45) is 11.7 Å². The van der Waals surface area contributed by atoms with Crippen LogP contribution in [0.2, 0.25) is 0 Å². The molecule has 0 saturated carbocycles. The fraction of sp³-hybridized carbons (Fsp3) is 0.571. The lowest BCUT2D eigenvalue weighted by Crippen LogP contribution is -2.27. The summed E-state index contributed by atoms with van der Waals surface area (Å²) in [5.41, 5.74) is 5.83. The molecule has 2 atom stereocenters. The summed E-state index contributed by atoms with van der Waals surface area (Å²) in [4.78, 5) is 0. The number of phenols is 1. The third kappa shape index (κ3) is 6.72. The first-order valence-electron chi connectivity index (χ1n) is 6.62. The zero-order valence-electron chi connectivity index (χ0n) is 12.3. The molecule has 0 aliphatic rings. The molecule has 0 aromatic heterocycles. The van der Waals surface area contributed by atoms with E-state index in [2.05, 4.69) is 4.74 Å². The van der Waals surface area contributed by atoms with Crippen LogP contribution in [0, 0.1) is 5.92 Å².